The minimum absolute atomic E-state index is 0.329. The minimum atomic E-state index is -0.558. The van der Waals surface area contributed by atoms with Gasteiger partial charge in [-0.3, -0.25) is 4.79 Å². The molecule has 0 saturated heterocycles. The molecule has 124 valence electrons. The Kier molecular flexibility index (Phi) is 5.22. The zero-order valence-corrected chi connectivity index (χ0v) is 13.5. The van der Waals surface area contributed by atoms with Gasteiger partial charge in [0.1, 0.15) is 0 Å². The van der Waals surface area contributed by atoms with Gasteiger partial charge in [0.25, 0.3) is 5.91 Å². The number of hydrogen-bond acceptors (Lipinski definition) is 3. The highest BCUT2D eigenvalue weighted by atomic mass is 16.5. The SMILES string of the molecule is O=C(COC(=O)/C=C/c1ccccc1)Nc1ccc2ccccc2c1. The van der Waals surface area contributed by atoms with Crippen molar-refractivity contribution in [2.45, 2.75) is 0 Å². The molecule has 0 aliphatic heterocycles. The summed E-state index contributed by atoms with van der Waals surface area (Å²) in [5.74, 6) is -0.936. The fourth-order valence-corrected chi connectivity index (χ4v) is 2.38. The van der Waals surface area contributed by atoms with Crippen LogP contribution in [0.1, 0.15) is 5.56 Å². The molecule has 3 aromatic carbocycles. The number of hydrogen-bond donors (Lipinski definition) is 1. The van der Waals surface area contributed by atoms with Crippen LogP contribution in [0.2, 0.25) is 0 Å². The Morgan fingerprint density at radius 1 is 0.880 bits per heavy atom. The predicted molar refractivity (Wildman–Crippen MR) is 99.0 cm³/mol. The number of benzene rings is 3. The van der Waals surface area contributed by atoms with Crippen molar-refractivity contribution in [2.24, 2.45) is 0 Å². The van der Waals surface area contributed by atoms with Crippen LogP contribution in [0.3, 0.4) is 0 Å². The lowest BCUT2D eigenvalue weighted by atomic mass is 10.1. The Morgan fingerprint density at radius 3 is 2.40 bits per heavy atom. The molecule has 0 saturated carbocycles. The molecule has 3 rings (SSSR count). The van der Waals surface area contributed by atoms with Crippen LogP contribution in [-0.2, 0) is 14.3 Å². The third-order valence-corrected chi connectivity index (χ3v) is 3.59. The van der Waals surface area contributed by atoms with E-state index in [1.54, 1.807) is 6.08 Å². The number of fused-ring (bicyclic) bond motifs is 1. The topological polar surface area (TPSA) is 55.4 Å². The molecule has 0 aromatic heterocycles. The summed E-state index contributed by atoms with van der Waals surface area (Å²) in [6.07, 6.45) is 2.95. The van der Waals surface area contributed by atoms with Gasteiger partial charge in [-0.05, 0) is 34.5 Å². The van der Waals surface area contributed by atoms with E-state index in [2.05, 4.69) is 5.32 Å². The van der Waals surface area contributed by atoms with Crippen molar-refractivity contribution in [1.29, 1.82) is 0 Å². The monoisotopic (exact) mass is 331 g/mol. The predicted octanol–water partition coefficient (Wildman–Crippen LogP) is 4.03. The second-order valence-corrected chi connectivity index (χ2v) is 5.46. The van der Waals surface area contributed by atoms with Crippen LogP contribution in [0.25, 0.3) is 16.8 Å². The lowest BCUT2D eigenvalue weighted by molar-refractivity contribution is -0.142. The molecule has 0 atom stereocenters. The first kappa shape index (κ1) is 16.5. The molecule has 4 heteroatoms. The second kappa shape index (κ2) is 7.93. The second-order valence-electron chi connectivity index (χ2n) is 5.46. The van der Waals surface area contributed by atoms with Gasteiger partial charge in [0.15, 0.2) is 6.61 Å². The van der Waals surface area contributed by atoms with Crippen molar-refractivity contribution in [3.63, 3.8) is 0 Å². The van der Waals surface area contributed by atoms with E-state index < -0.39 is 5.97 Å². The van der Waals surface area contributed by atoms with Gasteiger partial charge in [-0.25, -0.2) is 4.79 Å². The lowest BCUT2D eigenvalue weighted by Gasteiger charge is -2.06. The molecule has 0 radical (unpaired) electrons. The summed E-state index contributed by atoms with van der Waals surface area (Å²) in [4.78, 5) is 23.6. The van der Waals surface area contributed by atoms with E-state index in [0.717, 1.165) is 16.3 Å². The fraction of sp³-hybridized carbons (Fsp3) is 0.0476. The van der Waals surface area contributed by atoms with Crippen LogP contribution < -0.4 is 5.32 Å². The first-order valence-electron chi connectivity index (χ1n) is 7.89. The van der Waals surface area contributed by atoms with E-state index in [1.807, 2.05) is 72.8 Å². The first-order chi connectivity index (χ1) is 12.2. The fourth-order valence-electron chi connectivity index (χ4n) is 2.38. The number of rotatable bonds is 5. The highest BCUT2D eigenvalue weighted by Crippen LogP contribution is 2.18. The normalized spacial score (nSPS) is 10.7. The molecule has 0 aliphatic carbocycles. The smallest absolute Gasteiger partial charge is 0.331 e. The lowest BCUT2D eigenvalue weighted by Crippen LogP contribution is -2.20. The Balaban J connectivity index is 1.51. The Hall–Kier alpha value is -3.40. The number of amides is 1. The number of esters is 1. The Bertz CT molecular complexity index is 917. The van der Waals surface area contributed by atoms with Gasteiger partial charge in [-0.1, -0.05) is 60.7 Å². The van der Waals surface area contributed by atoms with Crippen LogP contribution in [0, 0.1) is 0 Å². The summed E-state index contributed by atoms with van der Waals surface area (Å²) in [6.45, 7) is -0.329. The maximum absolute atomic E-state index is 11.9. The molecular weight excluding hydrogens is 314 g/mol. The molecule has 0 aliphatic rings. The molecule has 3 aromatic rings. The molecular formula is C21H17NO3. The molecule has 0 heterocycles. The zero-order chi connectivity index (χ0) is 17.5. The molecule has 25 heavy (non-hydrogen) atoms. The summed E-state index contributed by atoms with van der Waals surface area (Å²) < 4.78 is 4.95. The number of ether oxygens (including phenoxy) is 1. The van der Waals surface area contributed by atoms with Crippen molar-refractivity contribution < 1.29 is 14.3 Å². The van der Waals surface area contributed by atoms with E-state index in [0.29, 0.717) is 5.69 Å². The molecule has 0 fully saturated rings. The van der Waals surface area contributed by atoms with Crippen LogP contribution in [0.5, 0.6) is 0 Å². The average molecular weight is 331 g/mol. The molecule has 1 amide bonds. The molecule has 4 nitrogen and oxygen atoms in total. The largest absolute Gasteiger partial charge is 0.452 e. The molecule has 0 unspecified atom stereocenters. The zero-order valence-electron chi connectivity index (χ0n) is 13.5. The van der Waals surface area contributed by atoms with E-state index in [9.17, 15) is 9.59 Å². The number of carbonyl (C=O) groups excluding carboxylic acids is 2. The quantitative estimate of drug-likeness (QED) is 0.567. The maximum atomic E-state index is 11.9. The van der Waals surface area contributed by atoms with Crippen LogP contribution >= 0.6 is 0 Å². The van der Waals surface area contributed by atoms with E-state index in [1.165, 1.54) is 6.08 Å². The van der Waals surface area contributed by atoms with Crippen molar-refractivity contribution >= 4 is 34.4 Å². The van der Waals surface area contributed by atoms with Gasteiger partial charge in [-0.15, -0.1) is 0 Å². The van der Waals surface area contributed by atoms with E-state index in [4.69, 9.17) is 4.74 Å². The van der Waals surface area contributed by atoms with Crippen LogP contribution in [-0.4, -0.2) is 18.5 Å². The summed E-state index contributed by atoms with van der Waals surface area (Å²) in [5.41, 5.74) is 1.56. The first-order valence-corrected chi connectivity index (χ1v) is 7.89. The maximum Gasteiger partial charge on any atom is 0.331 e. The minimum Gasteiger partial charge on any atom is -0.452 e. The standard InChI is InChI=1S/C21H17NO3/c23-20(15-25-21(24)13-10-16-6-2-1-3-7-16)22-19-12-11-17-8-4-5-9-18(17)14-19/h1-14H,15H2,(H,22,23)/b13-10+. The van der Waals surface area contributed by atoms with Gasteiger partial charge in [0.2, 0.25) is 0 Å². The summed E-state index contributed by atoms with van der Waals surface area (Å²) in [6, 6.07) is 22.9. The number of nitrogens with one attached hydrogen (secondary N) is 1. The third kappa shape index (κ3) is 4.78. The van der Waals surface area contributed by atoms with Crippen LogP contribution in [0.4, 0.5) is 5.69 Å². The highest BCUT2D eigenvalue weighted by Gasteiger charge is 2.06. The van der Waals surface area contributed by atoms with Gasteiger partial charge in [0.05, 0.1) is 0 Å². The van der Waals surface area contributed by atoms with Gasteiger partial charge >= 0.3 is 5.97 Å². The average Bonchev–Trinajstić information content (AvgIpc) is 2.65. The van der Waals surface area contributed by atoms with Gasteiger partial charge in [0, 0.05) is 11.8 Å². The Labute approximate surface area is 145 Å². The Morgan fingerprint density at radius 2 is 1.60 bits per heavy atom. The van der Waals surface area contributed by atoms with Crippen molar-refractivity contribution in [3.8, 4) is 0 Å². The van der Waals surface area contributed by atoms with Gasteiger partial charge in [-0.2, -0.15) is 0 Å². The van der Waals surface area contributed by atoms with Crippen molar-refractivity contribution in [2.75, 3.05) is 11.9 Å². The van der Waals surface area contributed by atoms with E-state index >= 15 is 0 Å². The summed E-state index contributed by atoms with van der Waals surface area (Å²) >= 11 is 0. The van der Waals surface area contributed by atoms with Crippen LogP contribution in [0.15, 0.2) is 78.9 Å². The van der Waals surface area contributed by atoms with Crippen molar-refractivity contribution in [3.05, 3.63) is 84.4 Å². The van der Waals surface area contributed by atoms with Gasteiger partial charge < -0.3 is 10.1 Å². The summed E-state index contributed by atoms with van der Waals surface area (Å²) in [7, 11) is 0. The summed E-state index contributed by atoms with van der Waals surface area (Å²) in [5, 5.41) is 4.85. The molecule has 0 spiro atoms. The van der Waals surface area contributed by atoms with E-state index in [-0.39, 0.29) is 12.5 Å². The molecule has 0 bridgehead atoms. The number of carbonyl (C=O) groups is 2. The molecule has 1 N–H and O–H groups in total. The number of anilines is 1. The third-order valence-electron chi connectivity index (χ3n) is 3.59. The highest BCUT2D eigenvalue weighted by molar-refractivity contribution is 5.96. The van der Waals surface area contributed by atoms with Crippen molar-refractivity contribution in [1.82, 2.24) is 0 Å².